The van der Waals surface area contributed by atoms with Gasteiger partial charge in [-0.1, -0.05) is 11.6 Å². The van der Waals surface area contributed by atoms with E-state index in [2.05, 4.69) is 10.3 Å². The van der Waals surface area contributed by atoms with Gasteiger partial charge in [0.1, 0.15) is 5.60 Å². The second kappa shape index (κ2) is 12.0. The Morgan fingerprint density at radius 1 is 1.18 bits per heavy atom. The number of aromatic nitrogens is 2. The first-order valence-electron chi connectivity index (χ1n) is 14.3. The number of fused-ring (bicyclic) bond motifs is 1. The average molecular weight is 647 g/mol. The zero-order valence-electron chi connectivity index (χ0n) is 24.2. The van der Waals surface area contributed by atoms with Crippen molar-refractivity contribution in [3.05, 3.63) is 64.9 Å². The molecular weight excluding hydrogens is 617 g/mol. The molecule has 1 atom stereocenters. The molecular formula is C30H30ClF3N6O5. The molecule has 45 heavy (non-hydrogen) atoms. The molecule has 1 aromatic carbocycles. The van der Waals surface area contributed by atoms with Gasteiger partial charge in [-0.15, -0.1) is 0 Å². The fourth-order valence-electron chi connectivity index (χ4n) is 5.73. The Balaban J connectivity index is 1.30. The largest absolute Gasteiger partial charge is 0.477 e. The van der Waals surface area contributed by atoms with Gasteiger partial charge in [0.15, 0.2) is 5.69 Å². The van der Waals surface area contributed by atoms with Gasteiger partial charge >= 0.3 is 12.2 Å². The van der Waals surface area contributed by atoms with Crippen LogP contribution in [0, 0.1) is 0 Å². The van der Waals surface area contributed by atoms with E-state index in [9.17, 15) is 27.9 Å². The summed E-state index contributed by atoms with van der Waals surface area (Å²) < 4.78 is 52.4. The monoisotopic (exact) mass is 646 g/mol. The number of pyridine rings is 2. The van der Waals surface area contributed by atoms with Crippen molar-refractivity contribution in [1.29, 1.82) is 0 Å². The van der Waals surface area contributed by atoms with E-state index in [0.29, 0.717) is 36.0 Å². The molecule has 0 aliphatic carbocycles. The highest BCUT2D eigenvalue weighted by Crippen LogP contribution is 2.40. The van der Waals surface area contributed by atoms with Crippen molar-refractivity contribution in [2.24, 2.45) is 0 Å². The summed E-state index contributed by atoms with van der Waals surface area (Å²) in [6, 6.07) is 9.34. The van der Waals surface area contributed by atoms with Crippen LogP contribution in [-0.4, -0.2) is 96.1 Å². The lowest BCUT2D eigenvalue weighted by atomic mass is 10.0. The van der Waals surface area contributed by atoms with E-state index in [4.69, 9.17) is 26.1 Å². The lowest BCUT2D eigenvalue weighted by Crippen LogP contribution is -2.57. The number of hydrogen-bond acceptors (Lipinski definition) is 8. The van der Waals surface area contributed by atoms with E-state index >= 15 is 0 Å². The third kappa shape index (κ3) is 6.09. The summed E-state index contributed by atoms with van der Waals surface area (Å²) >= 11 is 5.86. The van der Waals surface area contributed by atoms with Gasteiger partial charge in [0.05, 0.1) is 60.6 Å². The molecule has 238 valence electrons. The summed E-state index contributed by atoms with van der Waals surface area (Å²) in [5.74, 6) is -0.178. The minimum atomic E-state index is -4.71. The lowest BCUT2D eigenvalue weighted by molar-refractivity contribution is -0.173. The number of aliphatic hydroxyl groups is 1. The van der Waals surface area contributed by atoms with Crippen LogP contribution < -0.4 is 19.9 Å². The SMILES string of the molecule is CCOc1ncccc1-c1ccc(N2CCN3C(=O)N(c4ccc(Cl)cc4C(F)(F)F)C[C@@H]3C2)c(C(=O)NCC2(O)COC2)n1. The molecule has 0 radical (unpaired) electrons. The molecule has 2 N–H and O–H groups in total. The number of carbonyl (C=O) groups is 2. The Morgan fingerprint density at radius 2 is 1.96 bits per heavy atom. The Morgan fingerprint density at radius 3 is 2.67 bits per heavy atom. The number of rotatable bonds is 8. The Bertz CT molecular complexity index is 1620. The highest BCUT2D eigenvalue weighted by molar-refractivity contribution is 6.30. The fraction of sp³-hybridized carbons (Fsp3) is 0.400. The number of nitrogens with zero attached hydrogens (tertiary/aromatic N) is 5. The van der Waals surface area contributed by atoms with Crippen LogP contribution >= 0.6 is 11.6 Å². The number of halogens is 4. The standard InChI is InChI=1S/C30H30ClF3N6O5/c1-2-45-27-20(4-3-9-35-27)22-6-8-24(25(37-22)26(41)36-15-29(43)16-44-17-29)38-10-11-39-19(13-38)14-40(28(39)42)23-7-5-18(31)12-21(23)30(32,33)34/h3-9,12,19,43H,2,10-11,13-17H2,1H3,(H,36,41)/t19-/m0/s1. The summed E-state index contributed by atoms with van der Waals surface area (Å²) in [5, 5.41) is 13.1. The van der Waals surface area contributed by atoms with Gasteiger partial charge in [0.2, 0.25) is 5.88 Å². The van der Waals surface area contributed by atoms with Crippen LogP contribution in [0.2, 0.25) is 5.02 Å². The number of alkyl halides is 3. The normalized spacial score (nSPS) is 19.3. The predicted molar refractivity (Wildman–Crippen MR) is 159 cm³/mol. The molecule has 3 aliphatic heterocycles. The quantitative estimate of drug-likeness (QED) is 0.379. The molecule has 0 saturated carbocycles. The first-order valence-corrected chi connectivity index (χ1v) is 14.7. The maximum Gasteiger partial charge on any atom is 0.418 e. The minimum Gasteiger partial charge on any atom is -0.477 e. The number of ether oxygens (including phenoxy) is 2. The molecule has 15 heteroatoms. The van der Waals surface area contributed by atoms with Gasteiger partial charge in [-0.25, -0.2) is 14.8 Å². The predicted octanol–water partition coefficient (Wildman–Crippen LogP) is 3.84. The summed E-state index contributed by atoms with van der Waals surface area (Å²) in [6.07, 6.45) is -3.12. The number of amides is 3. The molecule has 3 saturated heterocycles. The number of urea groups is 1. The maximum absolute atomic E-state index is 13.9. The van der Waals surface area contributed by atoms with E-state index in [1.807, 2.05) is 11.8 Å². The van der Waals surface area contributed by atoms with Crippen LogP contribution in [0.15, 0.2) is 48.7 Å². The number of nitrogens with one attached hydrogen (secondary N) is 1. The first-order chi connectivity index (χ1) is 21.5. The highest BCUT2D eigenvalue weighted by atomic mass is 35.5. The third-order valence-electron chi connectivity index (χ3n) is 7.98. The molecule has 2 aromatic heterocycles. The second-order valence-electron chi connectivity index (χ2n) is 11.1. The Hall–Kier alpha value is -4.14. The number of carbonyl (C=O) groups excluding carboxylic acids is 2. The van der Waals surface area contributed by atoms with Gasteiger partial charge in [0, 0.05) is 37.4 Å². The summed E-state index contributed by atoms with van der Waals surface area (Å²) in [7, 11) is 0. The maximum atomic E-state index is 13.9. The van der Waals surface area contributed by atoms with Crippen LogP contribution in [0.25, 0.3) is 11.3 Å². The molecule has 3 aliphatic rings. The van der Waals surface area contributed by atoms with E-state index < -0.39 is 35.3 Å². The zero-order valence-corrected chi connectivity index (χ0v) is 24.9. The zero-order chi connectivity index (χ0) is 31.9. The van der Waals surface area contributed by atoms with E-state index in [-0.39, 0.29) is 55.8 Å². The first kappa shape index (κ1) is 30.9. The molecule has 0 spiro atoms. The van der Waals surface area contributed by atoms with Crippen molar-refractivity contribution in [3.8, 4) is 17.1 Å². The van der Waals surface area contributed by atoms with Crippen molar-refractivity contribution in [2.45, 2.75) is 24.7 Å². The minimum absolute atomic E-state index is 0.00746. The van der Waals surface area contributed by atoms with Crippen molar-refractivity contribution in [3.63, 3.8) is 0 Å². The van der Waals surface area contributed by atoms with Crippen LogP contribution in [0.1, 0.15) is 23.0 Å². The van der Waals surface area contributed by atoms with Crippen LogP contribution in [0.5, 0.6) is 5.88 Å². The van der Waals surface area contributed by atoms with Crippen LogP contribution in [0.3, 0.4) is 0 Å². The summed E-state index contributed by atoms with van der Waals surface area (Å²) in [5.41, 5.74) is -0.847. The fourth-order valence-corrected chi connectivity index (χ4v) is 5.90. The van der Waals surface area contributed by atoms with E-state index in [1.54, 1.807) is 35.4 Å². The topological polar surface area (TPSA) is 120 Å². The molecule has 3 aromatic rings. The number of hydrogen-bond donors (Lipinski definition) is 2. The molecule has 5 heterocycles. The number of anilines is 2. The van der Waals surface area contributed by atoms with Crippen molar-refractivity contribution in [1.82, 2.24) is 20.2 Å². The van der Waals surface area contributed by atoms with Crippen molar-refractivity contribution < 1.29 is 37.3 Å². The average Bonchev–Trinajstić information content (AvgIpc) is 3.33. The van der Waals surface area contributed by atoms with Gasteiger partial charge < -0.3 is 29.7 Å². The number of piperazine rings is 1. The Kier molecular flexibility index (Phi) is 8.22. The van der Waals surface area contributed by atoms with Crippen molar-refractivity contribution in [2.75, 3.05) is 62.3 Å². The van der Waals surface area contributed by atoms with Gasteiger partial charge in [-0.05, 0) is 49.4 Å². The molecule has 0 bridgehead atoms. The molecule has 6 rings (SSSR count). The summed E-state index contributed by atoms with van der Waals surface area (Å²) in [4.78, 5) is 40.4. The van der Waals surface area contributed by atoms with Gasteiger partial charge in [-0.3, -0.25) is 9.69 Å². The number of benzene rings is 1. The molecule has 11 nitrogen and oxygen atoms in total. The van der Waals surface area contributed by atoms with E-state index in [1.165, 1.54) is 12.1 Å². The molecule has 3 amide bonds. The summed E-state index contributed by atoms with van der Waals surface area (Å²) in [6.45, 7) is 3.12. The second-order valence-corrected chi connectivity index (χ2v) is 11.5. The molecule has 3 fully saturated rings. The lowest BCUT2D eigenvalue weighted by Gasteiger charge is -2.38. The van der Waals surface area contributed by atoms with Crippen LogP contribution in [0.4, 0.5) is 29.3 Å². The molecule has 0 unspecified atom stereocenters. The van der Waals surface area contributed by atoms with E-state index in [0.717, 1.165) is 11.0 Å². The van der Waals surface area contributed by atoms with Gasteiger partial charge in [0.25, 0.3) is 5.91 Å². The Labute approximate surface area is 261 Å². The third-order valence-corrected chi connectivity index (χ3v) is 8.22. The van der Waals surface area contributed by atoms with Gasteiger partial charge in [-0.2, -0.15) is 13.2 Å². The van der Waals surface area contributed by atoms with Crippen LogP contribution in [-0.2, 0) is 10.9 Å². The van der Waals surface area contributed by atoms with Crippen molar-refractivity contribution >= 4 is 34.9 Å². The highest BCUT2D eigenvalue weighted by Gasteiger charge is 2.45. The smallest absolute Gasteiger partial charge is 0.418 e.